The number of ether oxygens (including phenoxy) is 1. The van der Waals surface area contributed by atoms with Crippen molar-refractivity contribution in [1.82, 2.24) is 9.97 Å². The third-order valence-corrected chi connectivity index (χ3v) is 4.18. The molecule has 0 radical (unpaired) electrons. The van der Waals surface area contributed by atoms with E-state index >= 15 is 0 Å². The lowest BCUT2D eigenvalue weighted by Crippen LogP contribution is -2.27. The van der Waals surface area contributed by atoms with Gasteiger partial charge in [-0.2, -0.15) is 0 Å². The smallest absolute Gasteiger partial charge is 0.138 e. The van der Waals surface area contributed by atoms with Gasteiger partial charge in [0.15, 0.2) is 0 Å². The Kier molecular flexibility index (Phi) is 4.74. The molecule has 0 fully saturated rings. The molecule has 0 aliphatic carbocycles. The van der Waals surface area contributed by atoms with Crippen LogP contribution in [-0.2, 0) is 11.2 Å². The summed E-state index contributed by atoms with van der Waals surface area (Å²) in [5.74, 6) is 1.31. The first-order chi connectivity index (χ1) is 8.78. The SMILES string of the molecule is CCc1cc2c(NC(CCl)COC)ncnc2s1. The van der Waals surface area contributed by atoms with Crippen LogP contribution in [0.25, 0.3) is 10.2 Å². The molecule has 0 spiro atoms. The molecular weight excluding hydrogens is 270 g/mol. The number of alkyl halides is 1. The second-order valence-electron chi connectivity index (χ2n) is 3.96. The lowest BCUT2D eigenvalue weighted by Gasteiger charge is -2.15. The van der Waals surface area contributed by atoms with E-state index in [1.165, 1.54) is 4.88 Å². The molecule has 0 aliphatic heterocycles. The van der Waals surface area contributed by atoms with E-state index in [9.17, 15) is 0 Å². The van der Waals surface area contributed by atoms with Gasteiger partial charge in [0, 0.05) is 17.9 Å². The third kappa shape index (κ3) is 2.91. The topological polar surface area (TPSA) is 47.0 Å². The van der Waals surface area contributed by atoms with Gasteiger partial charge in [-0.3, -0.25) is 0 Å². The van der Waals surface area contributed by atoms with Crippen molar-refractivity contribution in [2.75, 3.05) is 24.9 Å². The predicted octanol–water partition coefficient (Wildman–Crippen LogP) is 2.92. The van der Waals surface area contributed by atoms with Gasteiger partial charge in [-0.05, 0) is 12.5 Å². The van der Waals surface area contributed by atoms with Gasteiger partial charge in [-0.25, -0.2) is 9.97 Å². The Morgan fingerprint density at radius 2 is 2.33 bits per heavy atom. The van der Waals surface area contributed by atoms with Crippen molar-refractivity contribution >= 4 is 39.0 Å². The molecular formula is C12H16ClN3OS. The van der Waals surface area contributed by atoms with Crippen LogP contribution >= 0.6 is 22.9 Å². The maximum Gasteiger partial charge on any atom is 0.138 e. The third-order valence-electron chi connectivity index (χ3n) is 2.62. The van der Waals surface area contributed by atoms with Gasteiger partial charge < -0.3 is 10.1 Å². The maximum absolute atomic E-state index is 5.90. The zero-order valence-corrected chi connectivity index (χ0v) is 12.0. The van der Waals surface area contributed by atoms with Crippen molar-refractivity contribution in [2.45, 2.75) is 19.4 Å². The summed E-state index contributed by atoms with van der Waals surface area (Å²) in [6.07, 6.45) is 2.59. The van der Waals surface area contributed by atoms with Gasteiger partial charge in [0.1, 0.15) is 17.0 Å². The van der Waals surface area contributed by atoms with Crippen LogP contribution in [0.2, 0.25) is 0 Å². The van der Waals surface area contributed by atoms with Crippen molar-refractivity contribution in [3.05, 3.63) is 17.3 Å². The van der Waals surface area contributed by atoms with Crippen LogP contribution in [0.5, 0.6) is 0 Å². The first-order valence-corrected chi connectivity index (χ1v) is 7.18. The van der Waals surface area contributed by atoms with Gasteiger partial charge in [0.25, 0.3) is 0 Å². The molecule has 2 aromatic heterocycles. The van der Waals surface area contributed by atoms with Gasteiger partial charge in [0.2, 0.25) is 0 Å². The van der Waals surface area contributed by atoms with Crippen molar-refractivity contribution in [1.29, 1.82) is 0 Å². The number of hydrogen-bond acceptors (Lipinski definition) is 5. The number of aryl methyl sites for hydroxylation is 1. The highest BCUT2D eigenvalue weighted by Gasteiger charge is 2.12. The van der Waals surface area contributed by atoms with E-state index in [0.29, 0.717) is 12.5 Å². The number of rotatable bonds is 6. The van der Waals surface area contributed by atoms with Crippen LogP contribution in [0.4, 0.5) is 5.82 Å². The van der Waals surface area contributed by atoms with E-state index < -0.39 is 0 Å². The monoisotopic (exact) mass is 285 g/mol. The Balaban J connectivity index is 2.29. The van der Waals surface area contributed by atoms with Gasteiger partial charge in [0.05, 0.1) is 18.0 Å². The molecule has 1 unspecified atom stereocenters. The molecule has 0 aromatic carbocycles. The molecule has 0 bridgehead atoms. The molecule has 1 N–H and O–H groups in total. The fraction of sp³-hybridized carbons (Fsp3) is 0.500. The van der Waals surface area contributed by atoms with Gasteiger partial charge in [-0.15, -0.1) is 22.9 Å². The van der Waals surface area contributed by atoms with Crippen LogP contribution in [-0.4, -0.2) is 35.6 Å². The molecule has 2 rings (SSSR count). The highest BCUT2D eigenvalue weighted by atomic mass is 35.5. The Bertz CT molecular complexity index is 517. The van der Waals surface area contributed by atoms with E-state index in [4.69, 9.17) is 16.3 Å². The number of aromatic nitrogens is 2. The predicted molar refractivity (Wildman–Crippen MR) is 76.8 cm³/mol. The molecule has 98 valence electrons. The lowest BCUT2D eigenvalue weighted by atomic mass is 10.3. The summed E-state index contributed by atoms with van der Waals surface area (Å²) in [6, 6.07) is 2.19. The first kappa shape index (κ1) is 13.5. The average molecular weight is 286 g/mol. The Labute approximate surface area is 115 Å². The number of hydrogen-bond donors (Lipinski definition) is 1. The summed E-state index contributed by atoms with van der Waals surface area (Å²) in [5.41, 5.74) is 0. The number of thiophene rings is 1. The molecule has 2 heterocycles. The average Bonchev–Trinajstić information content (AvgIpc) is 2.82. The summed E-state index contributed by atoms with van der Waals surface area (Å²) in [4.78, 5) is 10.9. The molecule has 0 amide bonds. The molecule has 1 atom stereocenters. The fourth-order valence-electron chi connectivity index (χ4n) is 1.71. The second kappa shape index (κ2) is 6.31. The zero-order valence-electron chi connectivity index (χ0n) is 10.4. The summed E-state index contributed by atoms with van der Waals surface area (Å²) in [6.45, 7) is 2.69. The molecule has 2 aromatic rings. The highest BCUT2D eigenvalue weighted by molar-refractivity contribution is 7.18. The van der Waals surface area contributed by atoms with E-state index in [-0.39, 0.29) is 6.04 Å². The summed E-state index contributed by atoms with van der Waals surface area (Å²) in [7, 11) is 1.66. The van der Waals surface area contributed by atoms with Crippen molar-refractivity contribution in [2.24, 2.45) is 0 Å². The van der Waals surface area contributed by atoms with E-state index in [0.717, 1.165) is 22.5 Å². The Hall–Kier alpha value is -0.910. The minimum absolute atomic E-state index is 0.0553. The number of methoxy groups -OCH3 is 1. The molecule has 18 heavy (non-hydrogen) atoms. The quantitative estimate of drug-likeness (QED) is 0.829. The summed E-state index contributed by atoms with van der Waals surface area (Å²) < 4.78 is 5.12. The number of nitrogens with zero attached hydrogens (tertiary/aromatic N) is 2. The standard InChI is InChI=1S/C12H16ClN3OS/c1-3-9-4-10-11(14-7-15-12(10)18-9)16-8(5-13)6-17-2/h4,7-8H,3,5-6H2,1-2H3,(H,14,15,16). The number of halogens is 1. The van der Waals surface area contributed by atoms with Crippen molar-refractivity contribution in [3.63, 3.8) is 0 Å². The van der Waals surface area contributed by atoms with Crippen molar-refractivity contribution in [3.8, 4) is 0 Å². The van der Waals surface area contributed by atoms with Crippen LogP contribution in [0, 0.1) is 0 Å². The van der Waals surface area contributed by atoms with E-state index in [2.05, 4.69) is 28.3 Å². The first-order valence-electron chi connectivity index (χ1n) is 5.83. The highest BCUT2D eigenvalue weighted by Crippen LogP contribution is 2.28. The number of anilines is 1. The van der Waals surface area contributed by atoms with Gasteiger partial charge >= 0.3 is 0 Å². The van der Waals surface area contributed by atoms with Gasteiger partial charge in [-0.1, -0.05) is 6.92 Å². The van der Waals surface area contributed by atoms with Crippen LogP contribution in [0.15, 0.2) is 12.4 Å². The van der Waals surface area contributed by atoms with E-state index in [1.54, 1.807) is 24.8 Å². The molecule has 0 aliphatic rings. The second-order valence-corrected chi connectivity index (χ2v) is 5.38. The Morgan fingerprint density at radius 3 is 3.00 bits per heavy atom. The lowest BCUT2D eigenvalue weighted by molar-refractivity contribution is 0.191. The summed E-state index contributed by atoms with van der Waals surface area (Å²) >= 11 is 7.60. The molecule has 0 saturated carbocycles. The molecule has 4 nitrogen and oxygen atoms in total. The van der Waals surface area contributed by atoms with Crippen LogP contribution in [0.1, 0.15) is 11.8 Å². The number of fused-ring (bicyclic) bond motifs is 1. The molecule has 0 saturated heterocycles. The van der Waals surface area contributed by atoms with Crippen molar-refractivity contribution < 1.29 is 4.74 Å². The minimum Gasteiger partial charge on any atom is -0.383 e. The fourth-order valence-corrected chi connectivity index (χ4v) is 2.82. The summed E-state index contributed by atoms with van der Waals surface area (Å²) in [5, 5.41) is 4.37. The zero-order chi connectivity index (χ0) is 13.0. The number of nitrogens with one attached hydrogen (secondary N) is 1. The minimum atomic E-state index is 0.0553. The Morgan fingerprint density at radius 1 is 1.50 bits per heavy atom. The maximum atomic E-state index is 5.90. The van der Waals surface area contributed by atoms with Crippen LogP contribution in [0.3, 0.4) is 0 Å². The van der Waals surface area contributed by atoms with Crippen LogP contribution < -0.4 is 5.32 Å². The largest absolute Gasteiger partial charge is 0.383 e. The molecule has 6 heteroatoms. The normalized spacial score (nSPS) is 12.8. The van der Waals surface area contributed by atoms with E-state index in [1.807, 2.05) is 0 Å².